The minimum absolute atomic E-state index is 1.08. The van der Waals surface area contributed by atoms with Gasteiger partial charge < -0.3 is 4.90 Å². The maximum atomic E-state index is 3.72. The van der Waals surface area contributed by atoms with Gasteiger partial charge in [0, 0.05) is 16.3 Å². The average molecular weight is 355 g/mol. The number of piperazine rings is 1. The zero-order chi connectivity index (χ0) is 18.1. The van der Waals surface area contributed by atoms with Crippen molar-refractivity contribution < 1.29 is 9.88 Å². The standard InChI is InChI=1S/C24H23N3/c1-2-8-19(9-3-1)18-26-14-16-27(17-15-26)24-22-12-5-4-10-20(22)21-11-6-7-13-23(21)25-24/h1-13H,14-18H2/p+2. The first-order chi connectivity index (χ1) is 13.4. The fourth-order valence-electron chi connectivity index (χ4n) is 4.30. The predicted octanol–water partition coefficient (Wildman–Crippen LogP) is 2.71. The molecule has 3 nitrogen and oxygen atoms in total. The molecule has 0 saturated carbocycles. The lowest BCUT2D eigenvalue weighted by Gasteiger charge is -2.29. The third kappa shape index (κ3) is 3.15. The highest BCUT2D eigenvalue weighted by atomic mass is 15.3. The molecule has 134 valence electrons. The Morgan fingerprint density at radius 3 is 2.11 bits per heavy atom. The summed E-state index contributed by atoms with van der Waals surface area (Å²) in [5.41, 5.74) is 2.65. The van der Waals surface area contributed by atoms with Gasteiger partial charge in [-0.1, -0.05) is 66.7 Å². The van der Waals surface area contributed by atoms with Crippen molar-refractivity contribution in [2.45, 2.75) is 6.54 Å². The predicted molar refractivity (Wildman–Crippen MR) is 111 cm³/mol. The van der Waals surface area contributed by atoms with Crippen LogP contribution in [0, 0.1) is 0 Å². The van der Waals surface area contributed by atoms with E-state index in [0.717, 1.165) is 19.6 Å². The maximum absolute atomic E-state index is 3.72. The highest BCUT2D eigenvalue weighted by Crippen LogP contribution is 2.28. The van der Waals surface area contributed by atoms with E-state index < -0.39 is 0 Å². The van der Waals surface area contributed by atoms with Crippen LogP contribution in [-0.4, -0.2) is 26.2 Å². The van der Waals surface area contributed by atoms with Gasteiger partial charge in [0.2, 0.25) is 0 Å². The van der Waals surface area contributed by atoms with Gasteiger partial charge in [-0.25, -0.2) is 9.88 Å². The molecule has 5 rings (SSSR count). The molecule has 0 atom stereocenters. The summed E-state index contributed by atoms with van der Waals surface area (Å²) in [6.45, 7) is 5.63. The number of pyridine rings is 1. The van der Waals surface area contributed by atoms with Crippen molar-refractivity contribution in [1.82, 2.24) is 0 Å². The summed E-state index contributed by atoms with van der Waals surface area (Å²) in [5.74, 6) is 1.27. The number of aromatic amines is 1. The van der Waals surface area contributed by atoms with Crippen molar-refractivity contribution in [3.8, 4) is 0 Å². The number of para-hydroxylation sites is 1. The largest absolute Gasteiger partial charge is 0.325 e. The Balaban J connectivity index is 1.43. The normalized spacial score (nSPS) is 15.5. The molecule has 4 aromatic rings. The number of benzene rings is 3. The first-order valence-corrected chi connectivity index (χ1v) is 9.84. The fourth-order valence-corrected chi connectivity index (χ4v) is 4.30. The molecule has 2 heterocycles. The quantitative estimate of drug-likeness (QED) is 0.561. The molecule has 0 aliphatic carbocycles. The second kappa shape index (κ2) is 7.01. The molecule has 27 heavy (non-hydrogen) atoms. The van der Waals surface area contributed by atoms with E-state index >= 15 is 0 Å². The average Bonchev–Trinajstić information content (AvgIpc) is 2.75. The first-order valence-electron chi connectivity index (χ1n) is 9.84. The van der Waals surface area contributed by atoms with Crippen LogP contribution >= 0.6 is 0 Å². The zero-order valence-corrected chi connectivity index (χ0v) is 15.5. The van der Waals surface area contributed by atoms with E-state index in [1.807, 2.05) is 0 Å². The molecule has 2 N–H and O–H groups in total. The van der Waals surface area contributed by atoms with Crippen molar-refractivity contribution in [3.05, 3.63) is 84.4 Å². The van der Waals surface area contributed by atoms with Crippen LogP contribution < -0.4 is 14.8 Å². The summed E-state index contributed by atoms with van der Waals surface area (Å²) >= 11 is 0. The van der Waals surface area contributed by atoms with Crippen molar-refractivity contribution >= 4 is 27.5 Å². The highest BCUT2D eigenvalue weighted by Gasteiger charge is 2.28. The number of H-pyrrole nitrogens is 1. The smallest absolute Gasteiger partial charge is 0.283 e. The molecular formula is C24H25N3+2. The van der Waals surface area contributed by atoms with Crippen LogP contribution in [0.1, 0.15) is 5.56 Å². The van der Waals surface area contributed by atoms with Gasteiger partial charge in [0.25, 0.3) is 5.82 Å². The number of nitrogens with zero attached hydrogens (tertiary/aromatic N) is 1. The molecule has 1 aliphatic rings. The van der Waals surface area contributed by atoms with E-state index in [4.69, 9.17) is 0 Å². The van der Waals surface area contributed by atoms with E-state index in [-0.39, 0.29) is 0 Å². The van der Waals surface area contributed by atoms with Gasteiger partial charge in [-0.05, 0) is 12.1 Å². The first kappa shape index (κ1) is 16.3. The minimum atomic E-state index is 1.08. The van der Waals surface area contributed by atoms with Crippen molar-refractivity contribution in [1.29, 1.82) is 0 Å². The lowest BCUT2D eigenvalue weighted by Crippen LogP contribution is -3.13. The molecule has 0 unspecified atom stereocenters. The van der Waals surface area contributed by atoms with Gasteiger partial charge >= 0.3 is 0 Å². The Labute approximate surface area is 159 Å². The number of hydrogen-bond acceptors (Lipinski definition) is 1. The molecule has 0 radical (unpaired) electrons. The summed E-state index contributed by atoms with van der Waals surface area (Å²) in [4.78, 5) is 7.92. The van der Waals surface area contributed by atoms with Gasteiger partial charge in [-0.3, -0.25) is 0 Å². The highest BCUT2D eigenvalue weighted by molar-refractivity contribution is 6.07. The fraction of sp³-hybridized carbons (Fsp3) is 0.208. The molecule has 0 amide bonds. The second-order valence-corrected chi connectivity index (χ2v) is 7.46. The van der Waals surface area contributed by atoms with Gasteiger partial charge in [-0.2, -0.15) is 0 Å². The molecular weight excluding hydrogens is 330 g/mol. The Morgan fingerprint density at radius 2 is 1.33 bits per heavy atom. The van der Waals surface area contributed by atoms with E-state index in [1.165, 1.54) is 46.1 Å². The lowest BCUT2D eigenvalue weighted by atomic mass is 10.1. The number of nitrogens with one attached hydrogen (secondary N) is 2. The van der Waals surface area contributed by atoms with Crippen LogP contribution in [-0.2, 0) is 6.54 Å². The molecule has 1 aliphatic heterocycles. The third-order valence-corrected chi connectivity index (χ3v) is 5.74. The van der Waals surface area contributed by atoms with E-state index in [0.29, 0.717) is 0 Å². The van der Waals surface area contributed by atoms with Crippen LogP contribution in [0.15, 0.2) is 78.9 Å². The Kier molecular flexibility index (Phi) is 4.23. The molecule has 3 aromatic carbocycles. The summed E-state index contributed by atoms with van der Waals surface area (Å²) < 4.78 is 0. The van der Waals surface area contributed by atoms with Crippen LogP contribution in [0.3, 0.4) is 0 Å². The number of anilines is 1. The topological polar surface area (TPSA) is 21.8 Å². The summed E-state index contributed by atoms with van der Waals surface area (Å²) in [6.07, 6.45) is 0. The van der Waals surface area contributed by atoms with Gasteiger partial charge in [-0.15, -0.1) is 0 Å². The van der Waals surface area contributed by atoms with E-state index in [9.17, 15) is 0 Å². The second-order valence-electron chi connectivity index (χ2n) is 7.46. The number of fused-ring (bicyclic) bond motifs is 3. The van der Waals surface area contributed by atoms with Crippen LogP contribution in [0.4, 0.5) is 5.82 Å². The van der Waals surface area contributed by atoms with Crippen molar-refractivity contribution in [2.75, 3.05) is 31.1 Å². The Morgan fingerprint density at radius 1 is 0.704 bits per heavy atom. The SMILES string of the molecule is c1ccc(C[NH+]2CCN(c3[nH+]c4ccccc4c4ccccc34)CC2)cc1. The molecule has 1 saturated heterocycles. The van der Waals surface area contributed by atoms with Crippen LogP contribution in [0.2, 0.25) is 0 Å². The van der Waals surface area contributed by atoms with Crippen LogP contribution in [0.5, 0.6) is 0 Å². The van der Waals surface area contributed by atoms with Gasteiger partial charge in [0.15, 0.2) is 0 Å². The van der Waals surface area contributed by atoms with Crippen molar-refractivity contribution in [2.24, 2.45) is 0 Å². The Bertz CT molecular complexity index is 1070. The maximum Gasteiger partial charge on any atom is 0.283 e. The van der Waals surface area contributed by atoms with Crippen LogP contribution in [0.25, 0.3) is 21.7 Å². The van der Waals surface area contributed by atoms with E-state index in [1.54, 1.807) is 4.90 Å². The third-order valence-electron chi connectivity index (χ3n) is 5.74. The summed E-state index contributed by atoms with van der Waals surface area (Å²) in [7, 11) is 0. The molecule has 0 spiro atoms. The number of quaternary nitrogens is 1. The van der Waals surface area contributed by atoms with Crippen molar-refractivity contribution in [3.63, 3.8) is 0 Å². The summed E-state index contributed by atoms with van der Waals surface area (Å²) in [6, 6.07) is 28.2. The lowest BCUT2D eigenvalue weighted by molar-refractivity contribution is -0.914. The zero-order valence-electron chi connectivity index (χ0n) is 15.5. The summed E-state index contributed by atoms with van der Waals surface area (Å²) in [5, 5.41) is 3.95. The van der Waals surface area contributed by atoms with Gasteiger partial charge in [0.05, 0.1) is 5.39 Å². The number of rotatable bonds is 3. The number of aromatic nitrogens is 1. The van der Waals surface area contributed by atoms with Gasteiger partial charge in [0.1, 0.15) is 38.2 Å². The Hall–Kier alpha value is -2.91. The number of hydrogen-bond donors (Lipinski definition) is 1. The molecule has 1 aromatic heterocycles. The monoisotopic (exact) mass is 355 g/mol. The molecule has 0 bridgehead atoms. The molecule has 1 fully saturated rings. The molecule has 3 heteroatoms. The minimum Gasteiger partial charge on any atom is -0.325 e. The van der Waals surface area contributed by atoms with E-state index in [2.05, 4.69) is 88.7 Å².